The van der Waals surface area contributed by atoms with E-state index in [1.807, 2.05) is 35.0 Å². The number of aromatic nitrogens is 5. The number of aliphatic hydroxyl groups excluding tert-OH is 1. The molecule has 0 saturated carbocycles. The molecule has 38 heavy (non-hydrogen) atoms. The number of nitrogens with zero attached hydrogens (tertiary/aromatic N) is 5. The smallest absolute Gasteiger partial charge is 0.227 e. The Morgan fingerprint density at radius 3 is 2.63 bits per heavy atom. The second-order valence-electron chi connectivity index (χ2n) is 10.5. The van der Waals surface area contributed by atoms with Crippen molar-refractivity contribution in [3.8, 4) is 22.8 Å². The van der Waals surface area contributed by atoms with Crippen LogP contribution in [0, 0.1) is 0 Å². The standard InChI is InChI=1S/C28H31N5O4Si/c1-38(2,3)7-6-36-18-33-14-24(21-4-5-25-22(9-21)10-23(35)13-30-25)26-27(33)31-17-32-28(26)37-16-20-8-19(15-34)11-29-12-20/h4-5,8-14,17,34-35H,6-7,15-16,18H2,1-3H3. The number of aromatic hydroxyl groups is 1. The van der Waals surface area contributed by atoms with E-state index >= 15 is 0 Å². The van der Waals surface area contributed by atoms with Gasteiger partial charge in [-0.05, 0) is 41.4 Å². The Morgan fingerprint density at radius 1 is 0.974 bits per heavy atom. The average Bonchev–Trinajstić information content (AvgIpc) is 3.28. The summed E-state index contributed by atoms with van der Waals surface area (Å²) in [7, 11) is -1.21. The van der Waals surface area contributed by atoms with E-state index in [4.69, 9.17) is 9.47 Å². The molecule has 0 radical (unpaired) electrons. The van der Waals surface area contributed by atoms with E-state index in [-0.39, 0.29) is 19.0 Å². The first-order valence-corrected chi connectivity index (χ1v) is 16.2. The Balaban J connectivity index is 1.53. The van der Waals surface area contributed by atoms with Crippen molar-refractivity contribution in [1.29, 1.82) is 0 Å². The van der Waals surface area contributed by atoms with Gasteiger partial charge in [-0.25, -0.2) is 9.97 Å². The maximum Gasteiger partial charge on any atom is 0.227 e. The number of hydrogen-bond acceptors (Lipinski definition) is 8. The summed E-state index contributed by atoms with van der Waals surface area (Å²) in [6.07, 6.45) is 8.26. The molecule has 5 rings (SSSR count). The molecule has 4 heterocycles. The molecule has 0 aliphatic heterocycles. The lowest BCUT2D eigenvalue weighted by Gasteiger charge is -2.15. The minimum Gasteiger partial charge on any atom is -0.506 e. The minimum absolute atomic E-state index is 0.0876. The van der Waals surface area contributed by atoms with E-state index in [9.17, 15) is 10.2 Å². The van der Waals surface area contributed by atoms with Crippen molar-refractivity contribution in [2.75, 3.05) is 6.61 Å². The summed E-state index contributed by atoms with van der Waals surface area (Å²) in [4.78, 5) is 17.5. The van der Waals surface area contributed by atoms with Crippen LogP contribution in [-0.4, -0.2) is 49.4 Å². The number of fused-ring (bicyclic) bond motifs is 2. The van der Waals surface area contributed by atoms with Crippen LogP contribution in [-0.2, 0) is 24.7 Å². The summed E-state index contributed by atoms with van der Waals surface area (Å²) in [5, 5.41) is 21.0. The molecule has 0 saturated heterocycles. The van der Waals surface area contributed by atoms with Crippen LogP contribution in [0.15, 0.2) is 61.4 Å². The van der Waals surface area contributed by atoms with Crippen LogP contribution >= 0.6 is 0 Å². The lowest BCUT2D eigenvalue weighted by Crippen LogP contribution is -2.22. The zero-order valence-corrected chi connectivity index (χ0v) is 22.8. The molecule has 5 aromatic rings. The SMILES string of the molecule is C[Si](C)(C)CCOCn1cc(-c2ccc3ncc(O)cc3c2)c2c(OCc3cncc(CO)c3)ncnc21. The molecule has 0 atom stereocenters. The molecule has 0 unspecified atom stereocenters. The highest BCUT2D eigenvalue weighted by Crippen LogP contribution is 2.36. The first-order chi connectivity index (χ1) is 18.3. The summed E-state index contributed by atoms with van der Waals surface area (Å²) in [5.74, 6) is 0.549. The first-order valence-electron chi connectivity index (χ1n) is 12.5. The highest BCUT2D eigenvalue weighted by molar-refractivity contribution is 6.76. The second kappa shape index (κ2) is 10.9. The molecule has 0 spiro atoms. The summed E-state index contributed by atoms with van der Waals surface area (Å²) >= 11 is 0. The summed E-state index contributed by atoms with van der Waals surface area (Å²) in [6.45, 7) is 8.18. The van der Waals surface area contributed by atoms with Crippen molar-refractivity contribution >= 4 is 30.0 Å². The van der Waals surface area contributed by atoms with Crippen LogP contribution in [0.3, 0.4) is 0 Å². The third-order valence-corrected chi connectivity index (χ3v) is 7.94. The van der Waals surface area contributed by atoms with Gasteiger partial charge in [0, 0.05) is 49.8 Å². The molecule has 196 valence electrons. The number of aliphatic hydroxyl groups is 1. The van der Waals surface area contributed by atoms with Crippen molar-refractivity contribution in [3.05, 3.63) is 72.6 Å². The van der Waals surface area contributed by atoms with E-state index < -0.39 is 8.07 Å². The van der Waals surface area contributed by atoms with Gasteiger partial charge in [0.05, 0.1) is 23.7 Å². The van der Waals surface area contributed by atoms with Crippen LogP contribution in [0.5, 0.6) is 11.6 Å². The number of ether oxygens (including phenoxy) is 2. The number of benzene rings is 1. The van der Waals surface area contributed by atoms with Crippen LogP contribution in [0.2, 0.25) is 25.7 Å². The second-order valence-corrected chi connectivity index (χ2v) is 16.1. The lowest BCUT2D eigenvalue weighted by atomic mass is 10.0. The zero-order valence-electron chi connectivity index (χ0n) is 21.8. The van der Waals surface area contributed by atoms with Gasteiger partial charge in [0.15, 0.2) is 0 Å². The topological polar surface area (TPSA) is 115 Å². The Hall–Kier alpha value is -3.86. The van der Waals surface area contributed by atoms with E-state index in [0.717, 1.165) is 39.0 Å². The van der Waals surface area contributed by atoms with Gasteiger partial charge < -0.3 is 24.3 Å². The molecule has 0 aliphatic carbocycles. The van der Waals surface area contributed by atoms with Crippen molar-refractivity contribution in [1.82, 2.24) is 24.5 Å². The Morgan fingerprint density at radius 2 is 1.82 bits per heavy atom. The quantitative estimate of drug-likeness (QED) is 0.189. The normalized spacial score (nSPS) is 11.9. The molecular formula is C28H31N5O4Si. The van der Waals surface area contributed by atoms with Gasteiger partial charge >= 0.3 is 0 Å². The Kier molecular flexibility index (Phi) is 7.37. The largest absolute Gasteiger partial charge is 0.506 e. The van der Waals surface area contributed by atoms with Gasteiger partial charge in [-0.2, -0.15) is 0 Å². The van der Waals surface area contributed by atoms with E-state index in [1.54, 1.807) is 18.5 Å². The molecule has 0 bridgehead atoms. The van der Waals surface area contributed by atoms with Gasteiger partial charge in [-0.3, -0.25) is 9.97 Å². The average molecular weight is 530 g/mol. The van der Waals surface area contributed by atoms with Gasteiger partial charge in [-0.1, -0.05) is 25.7 Å². The molecule has 10 heteroatoms. The zero-order chi connectivity index (χ0) is 26.7. The van der Waals surface area contributed by atoms with Crippen molar-refractivity contribution in [2.24, 2.45) is 0 Å². The summed E-state index contributed by atoms with van der Waals surface area (Å²) < 4.78 is 14.2. The molecular weight excluding hydrogens is 498 g/mol. The number of rotatable bonds is 10. The number of pyridine rings is 2. The molecule has 4 aromatic heterocycles. The predicted molar refractivity (Wildman–Crippen MR) is 149 cm³/mol. The highest BCUT2D eigenvalue weighted by Gasteiger charge is 2.19. The summed E-state index contributed by atoms with van der Waals surface area (Å²) in [6, 6.07) is 10.5. The minimum atomic E-state index is -1.21. The van der Waals surface area contributed by atoms with Crippen LogP contribution in [0.25, 0.3) is 33.1 Å². The monoisotopic (exact) mass is 529 g/mol. The predicted octanol–water partition coefficient (Wildman–Crippen LogP) is 5.13. The lowest BCUT2D eigenvalue weighted by molar-refractivity contribution is 0.0899. The van der Waals surface area contributed by atoms with Gasteiger partial charge in [0.25, 0.3) is 0 Å². The van der Waals surface area contributed by atoms with Gasteiger partial charge in [0.1, 0.15) is 31.1 Å². The molecule has 1 aromatic carbocycles. The maximum atomic E-state index is 9.96. The van der Waals surface area contributed by atoms with E-state index in [1.165, 1.54) is 12.5 Å². The Labute approximate surface area is 221 Å². The molecule has 0 aliphatic rings. The molecule has 9 nitrogen and oxygen atoms in total. The van der Waals surface area contributed by atoms with Gasteiger partial charge in [-0.15, -0.1) is 0 Å². The van der Waals surface area contributed by atoms with Crippen LogP contribution < -0.4 is 4.74 Å². The van der Waals surface area contributed by atoms with E-state index in [2.05, 4.69) is 39.6 Å². The van der Waals surface area contributed by atoms with Gasteiger partial charge in [0.2, 0.25) is 5.88 Å². The third-order valence-electron chi connectivity index (χ3n) is 6.23. The van der Waals surface area contributed by atoms with Crippen LogP contribution in [0.4, 0.5) is 0 Å². The third kappa shape index (κ3) is 5.82. The van der Waals surface area contributed by atoms with Crippen molar-refractivity contribution in [2.45, 2.75) is 45.6 Å². The van der Waals surface area contributed by atoms with Crippen molar-refractivity contribution in [3.63, 3.8) is 0 Å². The highest BCUT2D eigenvalue weighted by atomic mass is 28.3. The first kappa shape index (κ1) is 25.8. The van der Waals surface area contributed by atoms with E-state index in [0.29, 0.717) is 30.4 Å². The fourth-order valence-corrected chi connectivity index (χ4v) is 4.97. The van der Waals surface area contributed by atoms with Crippen molar-refractivity contribution < 1.29 is 19.7 Å². The fraction of sp³-hybridized carbons (Fsp3) is 0.286. The molecule has 2 N–H and O–H groups in total. The maximum absolute atomic E-state index is 9.96. The number of hydrogen-bond donors (Lipinski definition) is 2. The summed E-state index contributed by atoms with van der Waals surface area (Å²) in [5.41, 5.74) is 4.83. The fourth-order valence-electron chi connectivity index (χ4n) is 4.21. The molecule has 0 amide bonds. The Bertz CT molecular complexity index is 1580. The van der Waals surface area contributed by atoms with Crippen LogP contribution in [0.1, 0.15) is 11.1 Å². The molecule has 0 fully saturated rings.